The maximum absolute atomic E-state index is 14.4. The van der Waals surface area contributed by atoms with Gasteiger partial charge in [0.1, 0.15) is 24.3 Å². The Morgan fingerprint density at radius 1 is 1.24 bits per heavy atom. The Morgan fingerprint density at radius 3 is 2.68 bits per heavy atom. The zero-order chi connectivity index (χ0) is 27.4. The second-order valence-electron chi connectivity index (χ2n) is 9.24. The van der Waals surface area contributed by atoms with Crippen LogP contribution in [0.5, 0.6) is 0 Å². The second-order valence-corrected chi connectivity index (χ2v) is 9.65. The predicted octanol–water partition coefficient (Wildman–Crippen LogP) is 1.95. The van der Waals surface area contributed by atoms with Gasteiger partial charge in [-0.05, 0) is 30.7 Å². The van der Waals surface area contributed by atoms with Gasteiger partial charge in [-0.3, -0.25) is 19.2 Å². The first-order chi connectivity index (χ1) is 18.1. The number of carbonyl (C=O) groups excluding carboxylic acids is 4. The lowest BCUT2D eigenvalue weighted by Gasteiger charge is -2.28. The Morgan fingerprint density at radius 2 is 1.97 bits per heavy atom. The van der Waals surface area contributed by atoms with Gasteiger partial charge < -0.3 is 30.7 Å². The van der Waals surface area contributed by atoms with Crippen molar-refractivity contribution in [1.29, 1.82) is 0 Å². The van der Waals surface area contributed by atoms with Crippen molar-refractivity contribution in [3.63, 3.8) is 0 Å². The number of hydrogen-bond acceptors (Lipinski definition) is 7. The molecule has 202 valence electrons. The number of amides is 3. The van der Waals surface area contributed by atoms with Crippen LogP contribution in [-0.2, 0) is 30.5 Å². The highest BCUT2D eigenvalue weighted by Crippen LogP contribution is 2.24. The fourth-order valence-electron chi connectivity index (χ4n) is 4.37. The fourth-order valence-corrected chi connectivity index (χ4v) is 4.55. The van der Waals surface area contributed by atoms with E-state index in [1.165, 1.54) is 25.1 Å². The standard InChI is InChI=1S/C26H28ClFN4O6/c1-14(30-23(34)16-7-8-19(29)18(27)9-16)25(36)32-12-17(28)10-21(32)24(35)31-20-11-22(33)38-26(20)37-13-15-5-3-2-4-6-15/h2-9,14,17,20-21,26H,10-13,29H2,1H3,(H,30,34)(H,31,35)/t14-,17-,20-,21?,26+/m0/s1. The predicted molar refractivity (Wildman–Crippen MR) is 135 cm³/mol. The molecule has 4 N–H and O–H groups in total. The molecular weight excluding hydrogens is 519 g/mol. The molecule has 1 unspecified atom stereocenters. The monoisotopic (exact) mass is 546 g/mol. The van der Waals surface area contributed by atoms with E-state index < -0.39 is 54.3 Å². The Labute approximate surface area is 223 Å². The molecule has 0 saturated carbocycles. The highest BCUT2D eigenvalue weighted by Gasteiger charge is 2.44. The van der Waals surface area contributed by atoms with Crippen molar-refractivity contribution in [2.45, 2.75) is 57.0 Å². The van der Waals surface area contributed by atoms with Crippen LogP contribution in [0.3, 0.4) is 0 Å². The number of rotatable bonds is 8. The van der Waals surface area contributed by atoms with Gasteiger partial charge in [0.05, 0.1) is 30.3 Å². The van der Waals surface area contributed by atoms with Crippen LogP contribution < -0.4 is 16.4 Å². The minimum absolute atomic E-state index is 0.123. The molecule has 0 bridgehead atoms. The third-order valence-corrected chi connectivity index (χ3v) is 6.69. The number of cyclic esters (lactones) is 1. The van der Waals surface area contributed by atoms with E-state index in [9.17, 15) is 23.6 Å². The average Bonchev–Trinajstić information content (AvgIpc) is 3.45. The smallest absolute Gasteiger partial charge is 0.310 e. The van der Waals surface area contributed by atoms with Crippen molar-refractivity contribution < 1.29 is 33.0 Å². The molecule has 4 rings (SSSR count). The molecule has 0 aliphatic carbocycles. The summed E-state index contributed by atoms with van der Waals surface area (Å²) >= 11 is 5.97. The summed E-state index contributed by atoms with van der Waals surface area (Å²) in [5, 5.41) is 5.41. The zero-order valence-corrected chi connectivity index (χ0v) is 21.3. The Balaban J connectivity index is 1.37. The van der Waals surface area contributed by atoms with Gasteiger partial charge in [0, 0.05) is 12.0 Å². The van der Waals surface area contributed by atoms with Crippen LogP contribution >= 0.6 is 11.6 Å². The van der Waals surface area contributed by atoms with Crippen LogP contribution in [-0.4, -0.2) is 65.7 Å². The molecule has 2 fully saturated rings. The molecular formula is C26H28ClFN4O6. The molecule has 2 aliphatic heterocycles. The number of esters is 1. The van der Waals surface area contributed by atoms with Gasteiger partial charge in [0.15, 0.2) is 0 Å². The largest absolute Gasteiger partial charge is 0.433 e. The number of nitrogens with zero attached hydrogens (tertiary/aromatic N) is 1. The summed E-state index contributed by atoms with van der Waals surface area (Å²) in [5.41, 5.74) is 7.01. The average molecular weight is 547 g/mol. The summed E-state index contributed by atoms with van der Waals surface area (Å²) in [4.78, 5) is 51.8. The SMILES string of the molecule is C[C@H](NC(=O)c1ccc(N)c(Cl)c1)C(=O)N1C[C@@H](F)CC1C(=O)N[C@H]1CC(=O)O[C@H]1OCc1ccccc1. The van der Waals surface area contributed by atoms with Gasteiger partial charge in [-0.1, -0.05) is 41.9 Å². The number of nitrogens with two attached hydrogens (primary N) is 1. The third-order valence-electron chi connectivity index (χ3n) is 6.36. The number of halogens is 2. The molecule has 5 atom stereocenters. The summed E-state index contributed by atoms with van der Waals surface area (Å²) in [5.74, 6) is -2.39. The zero-order valence-electron chi connectivity index (χ0n) is 20.6. The maximum atomic E-state index is 14.4. The fraction of sp³-hybridized carbons (Fsp3) is 0.385. The van der Waals surface area contributed by atoms with E-state index in [2.05, 4.69) is 10.6 Å². The van der Waals surface area contributed by atoms with Crippen molar-refractivity contribution in [2.75, 3.05) is 12.3 Å². The number of ether oxygens (including phenoxy) is 2. The number of benzene rings is 2. The normalized spacial score (nSPS) is 23.6. The molecule has 2 aromatic rings. The minimum atomic E-state index is -1.43. The molecule has 2 aromatic carbocycles. The number of nitrogen functional groups attached to an aromatic ring is 1. The second kappa shape index (κ2) is 11.8. The van der Waals surface area contributed by atoms with Gasteiger partial charge in [0.2, 0.25) is 18.1 Å². The van der Waals surface area contributed by atoms with E-state index in [1.54, 1.807) is 0 Å². The van der Waals surface area contributed by atoms with Crippen molar-refractivity contribution >= 4 is 41.0 Å². The molecule has 2 saturated heterocycles. The summed E-state index contributed by atoms with van der Waals surface area (Å²) in [6, 6.07) is 10.5. The van der Waals surface area contributed by atoms with Crippen molar-refractivity contribution in [1.82, 2.24) is 15.5 Å². The number of alkyl halides is 1. The highest BCUT2D eigenvalue weighted by molar-refractivity contribution is 6.33. The van der Waals surface area contributed by atoms with Crippen molar-refractivity contribution in [3.05, 3.63) is 64.7 Å². The minimum Gasteiger partial charge on any atom is -0.433 e. The van der Waals surface area contributed by atoms with Crippen LogP contribution in [0.4, 0.5) is 10.1 Å². The summed E-state index contributed by atoms with van der Waals surface area (Å²) < 4.78 is 25.3. The molecule has 0 spiro atoms. The Kier molecular flexibility index (Phi) is 8.48. The van der Waals surface area contributed by atoms with E-state index in [4.69, 9.17) is 26.8 Å². The number of hydrogen-bond donors (Lipinski definition) is 3. The number of likely N-dealkylation sites (tertiary alicyclic amines) is 1. The topological polar surface area (TPSA) is 140 Å². The van der Waals surface area contributed by atoms with E-state index in [1.807, 2.05) is 30.3 Å². The molecule has 0 aromatic heterocycles. The summed E-state index contributed by atoms with van der Waals surface area (Å²) in [7, 11) is 0. The first kappa shape index (κ1) is 27.3. The van der Waals surface area contributed by atoms with E-state index in [0.29, 0.717) is 5.69 Å². The molecule has 12 heteroatoms. The molecule has 38 heavy (non-hydrogen) atoms. The van der Waals surface area contributed by atoms with Crippen molar-refractivity contribution in [3.8, 4) is 0 Å². The van der Waals surface area contributed by atoms with Crippen LogP contribution in [0.1, 0.15) is 35.7 Å². The van der Waals surface area contributed by atoms with Crippen LogP contribution in [0, 0.1) is 0 Å². The maximum Gasteiger partial charge on any atom is 0.310 e. The van der Waals surface area contributed by atoms with E-state index in [0.717, 1.165) is 10.5 Å². The molecule has 0 radical (unpaired) electrons. The van der Waals surface area contributed by atoms with E-state index in [-0.39, 0.29) is 36.6 Å². The first-order valence-corrected chi connectivity index (χ1v) is 12.5. The lowest BCUT2D eigenvalue weighted by Crippen LogP contribution is -2.54. The first-order valence-electron chi connectivity index (χ1n) is 12.1. The number of nitrogens with one attached hydrogen (secondary N) is 2. The van der Waals surface area contributed by atoms with Crippen LogP contribution in [0.2, 0.25) is 5.02 Å². The molecule has 10 nitrogen and oxygen atoms in total. The summed E-state index contributed by atoms with van der Waals surface area (Å²) in [6.45, 7) is 1.29. The quantitative estimate of drug-likeness (QED) is 0.339. The number of carbonyl (C=O) groups is 4. The summed E-state index contributed by atoms with van der Waals surface area (Å²) in [6.07, 6.45) is -2.80. The third kappa shape index (κ3) is 6.40. The van der Waals surface area contributed by atoms with Gasteiger partial charge in [-0.15, -0.1) is 0 Å². The molecule has 2 heterocycles. The van der Waals surface area contributed by atoms with Crippen LogP contribution in [0.25, 0.3) is 0 Å². The molecule has 2 aliphatic rings. The molecule has 3 amide bonds. The Bertz CT molecular complexity index is 1220. The Hall–Kier alpha value is -3.70. The van der Waals surface area contributed by atoms with Gasteiger partial charge in [-0.2, -0.15) is 0 Å². The lowest BCUT2D eigenvalue weighted by atomic mass is 10.1. The highest BCUT2D eigenvalue weighted by atomic mass is 35.5. The van der Waals surface area contributed by atoms with Gasteiger partial charge in [0.25, 0.3) is 5.91 Å². The van der Waals surface area contributed by atoms with E-state index >= 15 is 0 Å². The van der Waals surface area contributed by atoms with Gasteiger partial charge in [-0.25, -0.2) is 4.39 Å². The lowest BCUT2D eigenvalue weighted by molar-refractivity contribution is -0.168. The number of anilines is 1. The van der Waals surface area contributed by atoms with Crippen molar-refractivity contribution in [2.24, 2.45) is 0 Å². The van der Waals surface area contributed by atoms with Gasteiger partial charge >= 0.3 is 5.97 Å². The van der Waals surface area contributed by atoms with Crippen LogP contribution in [0.15, 0.2) is 48.5 Å².